The number of ether oxygens (including phenoxy) is 3. The molecule has 3 rings (SSSR count). The predicted octanol–water partition coefficient (Wildman–Crippen LogP) is 2.79. The van der Waals surface area contributed by atoms with Gasteiger partial charge in [0.2, 0.25) is 0 Å². The van der Waals surface area contributed by atoms with Crippen LogP contribution in [-0.2, 0) is 17.8 Å². The third-order valence-electron chi connectivity index (χ3n) is 4.74. The fraction of sp³-hybridized carbons (Fsp3) is 0.526. The molecule has 136 valence electrons. The van der Waals surface area contributed by atoms with Crippen LogP contribution in [0, 0.1) is 5.92 Å². The minimum Gasteiger partial charge on any atom is -0.493 e. The van der Waals surface area contributed by atoms with Crippen LogP contribution in [0.5, 0.6) is 11.5 Å². The number of nitrogens with zero attached hydrogens (tertiary/aromatic N) is 2. The van der Waals surface area contributed by atoms with E-state index in [2.05, 4.69) is 29.5 Å². The van der Waals surface area contributed by atoms with Gasteiger partial charge >= 0.3 is 0 Å². The van der Waals surface area contributed by atoms with Crippen molar-refractivity contribution in [2.24, 2.45) is 5.92 Å². The molecule has 0 unspecified atom stereocenters. The predicted molar refractivity (Wildman–Crippen MR) is 96.0 cm³/mol. The number of benzene rings is 1. The molecule has 1 N–H and O–H groups in total. The maximum atomic E-state index is 5.98. The first-order chi connectivity index (χ1) is 12.3. The zero-order valence-electron chi connectivity index (χ0n) is 15.2. The maximum Gasteiger partial charge on any atom is 0.161 e. The zero-order chi connectivity index (χ0) is 17.6. The second kappa shape index (κ2) is 8.36. The van der Waals surface area contributed by atoms with Gasteiger partial charge in [0.25, 0.3) is 0 Å². The summed E-state index contributed by atoms with van der Waals surface area (Å²) in [7, 11) is 3.31. The average Bonchev–Trinajstić information content (AvgIpc) is 3.29. The Morgan fingerprint density at radius 2 is 2.08 bits per heavy atom. The molecule has 0 radical (unpaired) electrons. The molecule has 6 nitrogen and oxygen atoms in total. The lowest BCUT2D eigenvalue weighted by Crippen LogP contribution is -2.25. The highest BCUT2D eigenvalue weighted by Gasteiger charge is 2.31. The van der Waals surface area contributed by atoms with Crippen LogP contribution < -0.4 is 14.8 Å². The molecule has 0 amide bonds. The fourth-order valence-electron chi connectivity index (χ4n) is 3.41. The number of rotatable bonds is 8. The van der Waals surface area contributed by atoms with Crippen molar-refractivity contribution in [2.75, 3.05) is 27.4 Å². The average molecular weight is 345 g/mol. The summed E-state index contributed by atoms with van der Waals surface area (Å²) in [5, 5.41) is 7.92. The van der Waals surface area contributed by atoms with Crippen molar-refractivity contribution >= 4 is 0 Å². The molecule has 1 aromatic carbocycles. The summed E-state index contributed by atoms with van der Waals surface area (Å²) in [4.78, 5) is 0. The Balaban J connectivity index is 1.58. The molecule has 0 bridgehead atoms. The number of nitrogens with one attached hydrogen (secondary N) is 1. The van der Waals surface area contributed by atoms with E-state index in [1.54, 1.807) is 14.2 Å². The fourth-order valence-corrected chi connectivity index (χ4v) is 3.41. The molecule has 0 spiro atoms. The molecular formula is C19H27N3O3. The van der Waals surface area contributed by atoms with E-state index in [1.165, 1.54) is 11.3 Å². The summed E-state index contributed by atoms with van der Waals surface area (Å²) >= 11 is 0. The minimum atomic E-state index is 0.125. The molecule has 1 saturated heterocycles. The Labute approximate surface area is 149 Å². The van der Waals surface area contributed by atoms with Crippen LogP contribution in [0.15, 0.2) is 30.5 Å². The first-order valence-corrected chi connectivity index (χ1v) is 8.81. The summed E-state index contributed by atoms with van der Waals surface area (Å²) in [6.45, 7) is 5.48. The molecule has 1 aromatic heterocycles. The summed E-state index contributed by atoms with van der Waals surface area (Å²) < 4.78 is 18.7. The largest absolute Gasteiger partial charge is 0.493 e. The van der Waals surface area contributed by atoms with E-state index in [9.17, 15) is 0 Å². The summed E-state index contributed by atoms with van der Waals surface area (Å²) in [5.41, 5.74) is 2.35. The molecule has 1 fully saturated rings. The molecular weight excluding hydrogens is 318 g/mol. The molecule has 2 aromatic rings. The van der Waals surface area contributed by atoms with Crippen LogP contribution in [0.25, 0.3) is 0 Å². The van der Waals surface area contributed by atoms with Gasteiger partial charge in [0.1, 0.15) is 6.10 Å². The van der Waals surface area contributed by atoms with Gasteiger partial charge < -0.3 is 19.5 Å². The highest BCUT2D eigenvalue weighted by Crippen LogP contribution is 2.34. The standard InChI is InChI=1S/C19H27N3O3/c1-4-22-16(7-9-21-22)19-15(8-10-25-19)13-20-12-14-5-6-17(23-2)18(11-14)24-3/h5-7,9,11,15,19-20H,4,8,10,12-13H2,1-3H3/t15-,19+/m0/s1. The molecule has 1 aliphatic heterocycles. The topological polar surface area (TPSA) is 57.5 Å². The van der Waals surface area contributed by atoms with Gasteiger partial charge in [-0.1, -0.05) is 6.07 Å². The van der Waals surface area contributed by atoms with Crippen LogP contribution in [0.1, 0.15) is 30.7 Å². The normalized spacial score (nSPS) is 20.0. The van der Waals surface area contributed by atoms with Crippen molar-refractivity contribution in [2.45, 2.75) is 32.5 Å². The summed E-state index contributed by atoms with van der Waals surface area (Å²) in [6, 6.07) is 8.09. The van der Waals surface area contributed by atoms with Crippen molar-refractivity contribution in [1.29, 1.82) is 0 Å². The minimum absolute atomic E-state index is 0.125. The highest BCUT2D eigenvalue weighted by atomic mass is 16.5. The third kappa shape index (κ3) is 3.96. The van der Waals surface area contributed by atoms with Gasteiger partial charge in [-0.05, 0) is 37.1 Å². The number of aryl methyl sites for hydroxylation is 1. The number of hydrogen-bond acceptors (Lipinski definition) is 5. The van der Waals surface area contributed by atoms with Crippen molar-refractivity contribution in [1.82, 2.24) is 15.1 Å². The summed E-state index contributed by atoms with van der Waals surface area (Å²) in [5.74, 6) is 1.97. The van der Waals surface area contributed by atoms with E-state index in [-0.39, 0.29) is 6.10 Å². The molecule has 1 aliphatic rings. The zero-order valence-corrected chi connectivity index (χ0v) is 15.2. The van der Waals surface area contributed by atoms with Crippen LogP contribution >= 0.6 is 0 Å². The first-order valence-electron chi connectivity index (χ1n) is 8.81. The van der Waals surface area contributed by atoms with Gasteiger partial charge in [0, 0.05) is 38.4 Å². The molecule has 2 atom stereocenters. The number of methoxy groups -OCH3 is 2. The van der Waals surface area contributed by atoms with Crippen molar-refractivity contribution in [3.05, 3.63) is 41.7 Å². The van der Waals surface area contributed by atoms with Crippen LogP contribution in [0.4, 0.5) is 0 Å². The number of aromatic nitrogens is 2. The summed E-state index contributed by atoms with van der Waals surface area (Å²) in [6.07, 6.45) is 3.05. The molecule has 25 heavy (non-hydrogen) atoms. The van der Waals surface area contributed by atoms with Gasteiger partial charge in [-0.25, -0.2) is 0 Å². The monoisotopic (exact) mass is 345 g/mol. The maximum absolute atomic E-state index is 5.98. The van der Waals surface area contributed by atoms with E-state index in [0.717, 1.165) is 44.2 Å². The van der Waals surface area contributed by atoms with Gasteiger partial charge in [-0.15, -0.1) is 0 Å². The van der Waals surface area contributed by atoms with Gasteiger partial charge in [-0.2, -0.15) is 5.10 Å². The molecule has 6 heteroatoms. The molecule has 2 heterocycles. The lowest BCUT2D eigenvalue weighted by molar-refractivity contribution is 0.0830. The van der Waals surface area contributed by atoms with Crippen LogP contribution in [0.2, 0.25) is 0 Å². The van der Waals surface area contributed by atoms with Gasteiger partial charge in [0.05, 0.1) is 19.9 Å². The van der Waals surface area contributed by atoms with E-state index >= 15 is 0 Å². The van der Waals surface area contributed by atoms with Gasteiger partial charge in [-0.3, -0.25) is 4.68 Å². The smallest absolute Gasteiger partial charge is 0.161 e. The lowest BCUT2D eigenvalue weighted by Gasteiger charge is -2.20. The Kier molecular flexibility index (Phi) is 5.94. The highest BCUT2D eigenvalue weighted by molar-refractivity contribution is 5.42. The van der Waals surface area contributed by atoms with Gasteiger partial charge in [0.15, 0.2) is 11.5 Å². The SMILES string of the molecule is CCn1nccc1[C@@H]1OCC[C@H]1CNCc1ccc(OC)c(OC)c1. The molecule has 0 saturated carbocycles. The van der Waals surface area contributed by atoms with Crippen LogP contribution in [-0.4, -0.2) is 37.2 Å². The first kappa shape index (κ1) is 17.8. The Morgan fingerprint density at radius 3 is 2.84 bits per heavy atom. The van der Waals surface area contributed by atoms with E-state index in [1.807, 2.05) is 23.0 Å². The molecule has 0 aliphatic carbocycles. The number of hydrogen-bond donors (Lipinski definition) is 1. The van der Waals surface area contributed by atoms with E-state index in [4.69, 9.17) is 14.2 Å². The Bertz CT molecular complexity index is 686. The third-order valence-corrected chi connectivity index (χ3v) is 4.74. The van der Waals surface area contributed by atoms with E-state index < -0.39 is 0 Å². The second-order valence-electron chi connectivity index (χ2n) is 6.23. The quantitative estimate of drug-likeness (QED) is 0.797. The van der Waals surface area contributed by atoms with Crippen molar-refractivity contribution in [3.8, 4) is 11.5 Å². The van der Waals surface area contributed by atoms with Crippen molar-refractivity contribution in [3.63, 3.8) is 0 Å². The van der Waals surface area contributed by atoms with Crippen LogP contribution in [0.3, 0.4) is 0 Å². The lowest BCUT2D eigenvalue weighted by atomic mass is 9.98. The van der Waals surface area contributed by atoms with E-state index in [0.29, 0.717) is 5.92 Å². The van der Waals surface area contributed by atoms with Crippen molar-refractivity contribution < 1.29 is 14.2 Å². The Morgan fingerprint density at radius 1 is 1.24 bits per heavy atom. The second-order valence-corrected chi connectivity index (χ2v) is 6.23. The Hall–Kier alpha value is -2.05.